The van der Waals surface area contributed by atoms with Crippen molar-refractivity contribution in [2.75, 3.05) is 11.8 Å². The smallest absolute Gasteiger partial charge is 0.357 e. The van der Waals surface area contributed by atoms with E-state index in [1.165, 1.54) is 41.9 Å². The molecule has 0 saturated heterocycles. The first-order valence-electron chi connectivity index (χ1n) is 11.6. The van der Waals surface area contributed by atoms with Crippen molar-refractivity contribution in [3.05, 3.63) is 93.3 Å². The highest BCUT2D eigenvalue weighted by Gasteiger charge is 2.31. The van der Waals surface area contributed by atoms with Crippen molar-refractivity contribution in [2.24, 2.45) is 5.92 Å². The molecule has 0 saturated carbocycles. The van der Waals surface area contributed by atoms with Crippen LogP contribution in [0.5, 0.6) is 0 Å². The number of carbonyl (C=O) groups is 2. The second-order valence-electron chi connectivity index (χ2n) is 8.48. The first kappa shape index (κ1) is 28.7. The highest BCUT2D eigenvalue weighted by molar-refractivity contribution is 7.87. The molecule has 4 rings (SSSR count). The molecular formula is C26H24ClN3O6S3. The normalized spacial score (nSPS) is 12.9. The first-order valence-corrected chi connectivity index (χ1v) is 15.2. The zero-order valence-electron chi connectivity index (χ0n) is 20.5. The molecule has 0 aliphatic heterocycles. The van der Waals surface area contributed by atoms with Crippen LogP contribution in [0, 0.1) is 5.92 Å². The van der Waals surface area contributed by atoms with E-state index in [1.54, 1.807) is 18.2 Å². The van der Waals surface area contributed by atoms with Crippen molar-refractivity contribution >= 4 is 62.1 Å². The molecule has 204 valence electrons. The summed E-state index contributed by atoms with van der Waals surface area (Å²) < 4.78 is 38.2. The summed E-state index contributed by atoms with van der Waals surface area (Å²) >= 11 is 9.14. The van der Waals surface area contributed by atoms with Crippen LogP contribution in [0.25, 0.3) is 9.88 Å². The van der Waals surface area contributed by atoms with Crippen molar-refractivity contribution in [3.63, 3.8) is 0 Å². The van der Waals surface area contributed by atoms with Crippen LogP contribution in [0.2, 0.25) is 5.02 Å². The van der Waals surface area contributed by atoms with Crippen LogP contribution in [-0.2, 0) is 37.5 Å². The van der Waals surface area contributed by atoms with Crippen LogP contribution in [0.4, 0.5) is 5.69 Å². The van der Waals surface area contributed by atoms with E-state index >= 15 is 0 Å². The Labute approximate surface area is 238 Å². The minimum absolute atomic E-state index is 0.162. The summed E-state index contributed by atoms with van der Waals surface area (Å²) in [6.45, 7) is 0. The molecule has 0 radical (unpaired) electrons. The monoisotopic (exact) mass is 605 g/mol. The van der Waals surface area contributed by atoms with Gasteiger partial charge in [-0.2, -0.15) is 8.42 Å². The number of benzene rings is 2. The summed E-state index contributed by atoms with van der Waals surface area (Å²) in [4.78, 5) is 31.6. The number of ether oxygens (including phenoxy) is 1. The highest BCUT2D eigenvalue weighted by atomic mass is 35.5. The molecule has 9 nitrogen and oxygen atoms in total. The van der Waals surface area contributed by atoms with Crippen LogP contribution in [0.15, 0.2) is 71.4 Å². The Morgan fingerprint density at radius 2 is 1.72 bits per heavy atom. The molecule has 2 aromatic carbocycles. The number of thiophene rings is 1. The maximum Gasteiger partial charge on any atom is 0.357 e. The minimum Gasteiger partial charge on any atom is -0.468 e. The predicted octanol–water partition coefficient (Wildman–Crippen LogP) is 5.17. The second kappa shape index (κ2) is 12.7. The topological polar surface area (TPSA) is 135 Å². The number of nitrogens with one attached hydrogen (secondary N) is 2. The molecule has 0 fully saturated rings. The number of halogens is 1. The fraction of sp³-hybridized carbons (Fsp3) is 0.192. The van der Waals surface area contributed by atoms with Crippen molar-refractivity contribution in [2.45, 2.75) is 18.9 Å². The van der Waals surface area contributed by atoms with Gasteiger partial charge in [0, 0.05) is 5.38 Å². The van der Waals surface area contributed by atoms with Crippen LogP contribution in [-0.4, -0.2) is 36.9 Å². The van der Waals surface area contributed by atoms with Crippen molar-refractivity contribution in [1.82, 2.24) is 10.3 Å². The minimum atomic E-state index is -4.41. The Kier molecular flexibility index (Phi) is 9.36. The molecule has 1 amide bonds. The third kappa shape index (κ3) is 7.87. The number of carbonyl (C=O) groups excluding carboxylic acids is 2. The van der Waals surface area contributed by atoms with Gasteiger partial charge in [0.25, 0.3) is 0 Å². The molecule has 0 aliphatic carbocycles. The number of rotatable bonds is 11. The van der Waals surface area contributed by atoms with Crippen LogP contribution < -0.4 is 10.0 Å². The van der Waals surface area contributed by atoms with Crippen LogP contribution >= 0.6 is 34.3 Å². The average Bonchev–Trinajstić information content (AvgIpc) is 3.56. The molecule has 2 atom stereocenters. The average molecular weight is 606 g/mol. The Morgan fingerprint density at radius 3 is 2.33 bits per heavy atom. The number of anilines is 1. The zero-order chi connectivity index (χ0) is 28.0. The third-order valence-electron chi connectivity index (χ3n) is 5.73. The van der Waals surface area contributed by atoms with E-state index in [0.29, 0.717) is 22.1 Å². The lowest BCUT2D eigenvalue weighted by molar-refractivity contribution is -0.150. The van der Waals surface area contributed by atoms with Gasteiger partial charge in [0.05, 0.1) is 34.4 Å². The molecule has 0 bridgehead atoms. The molecule has 39 heavy (non-hydrogen) atoms. The molecule has 0 aliphatic rings. The van der Waals surface area contributed by atoms with E-state index in [1.807, 2.05) is 45.8 Å². The van der Waals surface area contributed by atoms with Crippen molar-refractivity contribution in [3.8, 4) is 9.88 Å². The largest absolute Gasteiger partial charge is 0.468 e. The zero-order valence-corrected chi connectivity index (χ0v) is 23.7. The van der Waals surface area contributed by atoms with Gasteiger partial charge in [-0.3, -0.25) is 18.9 Å². The van der Waals surface area contributed by atoms with Gasteiger partial charge in [-0.1, -0.05) is 54.1 Å². The fourth-order valence-corrected chi connectivity index (χ4v) is 6.50. The number of esters is 1. The Morgan fingerprint density at radius 1 is 1.03 bits per heavy atom. The van der Waals surface area contributed by atoms with Gasteiger partial charge >= 0.3 is 16.3 Å². The van der Waals surface area contributed by atoms with E-state index in [2.05, 4.69) is 5.32 Å². The lowest BCUT2D eigenvalue weighted by atomic mass is 9.97. The number of hydrogen-bond donors (Lipinski definition) is 3. The van der Waals surface area contributed by atoms with E-state index in [4.69, 9.17) is 25.9 Å². The molecule has 2 heterocycles. The van der Waals surface area contributed by atoms with Gasteiger partial charge in [0.15, 0.2) is 0 Å². The summed E-state index contributed by atoms with van der Waals surface area (Å²) in [6, 6.07) is 16.7. The van der Waals surface area contributed by atoms with E-state index in [-0.39, 0.29) is 12.1 Å². The summed E-state index contributed by atoms with van der Waals surface area (Å²) in [5.41, 5.74) is 2.32. The fourth-order valence-electron chi connectivity index (χ4n) is 3.87. The maximum atomic E-state index is 13.5. The lowest BCUT2D eigenvalue weighted by Gasteiger charge is -2.21. The maximum absolute atomic E-state index is 13.5. The predicted molar refractivity (Wildman–Crippen MR) is 152 cm³/mol. The molecule has 13 heteroatoms. The SMILES string of the molecule is COC(=O)[C@@H](Cc1ccccc1)C(=O)N[C@@H](Cc1ccc(NS(=O)(=O)O)cc1)c1csc(-c2sccc2Cl)n1. The quantitative estimate of drug-likeness (QED) is 0.122. The van der Waals surface area contributed by atoms with Crippen molar-refractivity contribution < 1.29 is 27.3 Å². The number of nitrogens with zero attached hydrogens (tertiary/aromatic N) is 1. The van der Waals surface area contributed by atoms with Crippen LogP contribution in [0.1, 0.15) is 22.9 Å². The number of thiazole rings is 1. The lowest BCUT2D eigenvalue weighted by Crippen LogP contribution is -2.40. The highest BCUT2D eigenvalue weighted by Crippen LogP contribution is 2.36. The first-order chi connectivity index (χ1) is 18.6. The second-order valence-corrected chi connectivity index (χ2v) is 11.8. The van der Waals surface area contributed by atoms with E-state index in [9.17, 15) is 18.0 Å². The molecule has 3 N–H and O–H groups in total. The molecule has 0 spiro atoms. The van der Waals surface area contributed by atoms with Gasteiger partial charge in [-0.25, -0.2) is 4.98 Å². The molecule has 2 aromatic heterocycles. The van der Waals surface area contributed by atoms with Gasteiger partial charge in [0.1, 0.15) is 10.9 Å². The third-order valence-corrected chi connectivity index (χ3v) is 8.58. The standard InChI is InChI=1S/C26H24ClN3O6S3/c1-36-26(32)19(13-16-5-3-2-4-6-16)24(31)28-21(14-17-7-9-18(10-8-17)30-39(33,34)35)22-15-38-25(29-22)23-20(27)11-12-37-23/h2-12,15,19,21,30H,13-14H2,1H3,(H,28,31)(H,33,34,35)/t19-,21-/m0/s1. The number of hydrogen-bond acceptors (Lipinski definition) is 8. The molecule has 4 aromatic rings. The summed E-state index contributed by atoms with van der Waals surface area (Å²) in [5, 5.41) is 7.94. The number of aromatic nitrogens is 1. The molecular weight excluding hydrogens is 582 g/mol. The summed E-state index contributed by atoms with van der Waals surface area (Å²) in [5.74, 6) is -2.24. The van der Waals surface area contributed by atoms with Crippen molar-refractivity contribution in [1.29, 1.82) is 0 Å². The van der Waals surface area contributed by atoms with E-state index < -0.39 is 34.1 Å². The number of amides is 1. The van der Waals surface area contributed by atoms with Gasteiger partial charge < -0.3 is 10.1 Å². The Hall–Kier alpha value is -3.29. The summed E-state index contributed by atoms with van der Waals surface area (Å²) in [7, 11) is -3.17. The van der Waals surface area contributed by atoms with Crippen LogP contribution in [0.3, 0.4) is 0 Å². The molecule has 0 unspecified atom stereocenters. The summed E-state index contributed by atoms with van der Waals surface area (Å²) in [6.07, 6.45) is 0.452. The Balaban J connectivity index is 1.61. The van der Waals surface area contributed by atoms with Gasteiger partial charge in [-0.15, -0.1) is 22.7 Å². The number of methoxy groups -OCH3 is 1. The Bertz CT molecular complexity index is 1540. The van der Waals surface area contributed by atoms with Gasteiger partial charge in [-0.05, 0) is 47.5 Å². The van der Waals surface area contributed by atoms with Gasteiger partial charge in [0.2, 0.25) is 5.91 Å². The van der Waals surface area contributed by atoms with E-state index in [0.717, 1.165) is 16.0 Å².